The summed E-state index contributed by atoms with van der Waals surface area (Å²) in [4.78, 5) is 16.1. The van der Waals surface area contributed by atoms with Crippen LogP contribution in [0.3, 0.4) is 0 Å². The molecule has 0 bridgehead atoms. The maximum Gasteiger partial charge on any atom is 0.235 e. The number of nitrogens with one attached hydrogen (secondary N) is 1. The molecule has 0 fully saturated rings. The Morgan fingerprint density at radius 2 is 2.25 bits per heavy atom. The zero-order chi connectivity index (χ0) is 14.5. The van der Waals surface area contributed by atoms with E-state index in [9.17, 15) is 4.79 Å². The Bertz CT molecular complexity index is 654. The third kappa shape index (κ3) is 2.86. The Morgan fingerprint density at radius 1 is 1.50 bits per heavy atom. The van der Waals surface area contributed by atoms with Gasteiger partial charge in [-0.25, -0.2) is 4.98 Å². The smallest absolute Gasteiger partial charge is 0.235 e. The molecular formula is C15H16N4O. The summed E-state index contributed by atoms with van der Waals surface area (Å²) in [5.41, 5.74) is 2.05. The summed E-state index contributed by atoms with van der Waals surface area (Å²) >= 11 is 0. The lowest BCUT2D eigenvalue weighted by Gasteiger charge is -2.20. The Morgan fingerprint density at radius 3 is 2.85 bits per heavy atom. The Balaban J connectivity index is 2.40. The van der Waals surface area contributed by atoms with Gasteiger partial charge in [0.05, 0.1) is 6.07 Å². The minimum atomic E-state index is -0.350. The van der Waals surface area contributed by atoms with Gasteiger partial charge in [-0.05, 0) is 18.1 Å². The van der Waals surface area contributed by atoms with E-state index in [0.29, 0.717) is 0 Å². The fraction of sp³-hybridized carbons (Fsp3) is 0.267. The molecule has 0 aliphatic carbocycles. The van der Waals surface area contributed by atoms with Crippen LogP contribution in [0.15, 0.2) is 36.7 Å². The van der Waals surface area contributed by atoms with Gasteiger partial charge in [-0.3, -0.25) is 4.79 Å². The molecule has 2 aromatic rings. The average molecular weight is 268 g/mol. The van der Waals surface area contributed by atoms with Crippen molar-refractivity contribution in [3.05, 3.63) is 53.6 Å². The number of hydrogen-bond acceptors (Lipinski definition) is 3. The van der Waals surface area contributed by atoms with Crippen molar-refractivity contribution in [2.24, 2.45) is 7.05 Å². The highest BCUT2D eigenvalue weighted by Gasteiger charge is 2.21. The highest BCUT2D eigenvalue weighted by molar-refractivity contribution is 5.78. The summed E-state index contributed by atoms with van der Waals surface area (Å²) in [7, 11) is 1.88. The van der Waals surface area contributed by atoms with Crippen LogP contribution in [0.4, 0.5) is 0 Å². The molecule has 1 aromatic heterocycles. The molecule has 0 radical (unpaired) electrons. The summed E-state index contributed by atoms with van der Waals surface area (Å²) in [6.07, 6.45) is 3.36. The predicted octanol–water partition coefficient (Wildman–Crippen LogP) is 1.85. The second-order valence-corrected chi connectivity index (χ2v) is 4.59. The second kappa shape index (κ2) is 6.02. The number of rotatable bonds is 4. The van der Waals surface area contributed by atoms with E-state index >= 15 is 0 Å². The molecule has 2 rings (SSSR count). The first-order chi connectivity index (χ1) is 9.63. The molecule has 1 unspecified atom stereocenters. The molecule has 1 atom stereocenters. The SMILES string of the molecule is Cc1ccccc1C(NC(=O)CC#N)c1nccn1C. The number of hydrogen-bond donors (Lipinski definition) is 1. The maximum absolute atomic E-state index is 11.8. The Kier molecular flexibility index (Phi) is 4.16. The number of aromatic nitrogens is 2. The van der Waals surface area contributed by atoms with E-state index in [-0.39, 0.29) is 18.4 Å². The van der Waals surface area contributed by atoms with Crippen molar-refractivity contribution < 1.29 is 4.79 Å². The number of benzene rings is 1. The molecular weight excluding hydrogens is 252 g/mol. The fourth-order valence-electron chi connectivity index (χ4n) is 2.13. The van der Waals surface area contributed by atoms with Gasteiger partial charge in [-0.1, -0.05) is 24.3 Å². The van der Waals surface area contributed by atoms with Crippen molar-refractivity contribution in [2.75, 3.05) is 0 Å². The third-order valence-corrected chi connectivity index (χ3v) is 3.16. The number of carbonyl (C=O) groups is 1. The van der Waals surface area contributed by atoms with Gasteiger partial charge in [0.15, 0.2) is 0 Å². The third-order valence-electron chi connectivity index (χ3n) is 3.16. The second-order valence-electron chi connectivity index (χ2n) is 4.59. The maximum atomic E-state index is 11.8. The lowest BCUT2D eigenvalue weighted by atomic mass is 10.0. The highest BCUT2D eigenvalue weighted by atomic mass is 16.1. The van der Waals surface area contributed by atoms with Crippen LogP contribution in [0.25, 0.3) is 0 Å². The van der Waals surface area contributed by atoms with Crippen molar-refractivity contribution in [3.63, 3.8) is 0 Å². The van der Waals surface area contributed by atoms with Crippen molar-refractivity contribution in [1.29, 1.82) is 5.26 Å². The Labute approximate surface area is 117 Å². The molecule has 0 saturated carbocycles. The Hall–Kier alpha value is -2.61. The number of amides is 1. The first-order valence-corrected chi connectivity index (χ1v) is 6.32. The summed E-state index contributed by atoms with van der Waals surface area (Å²) in [5.74, 6) is 0.439. The molecule has 102 valence electrons. The highest BCUT2D eigenvalue weighted by Crippen LogP contribution is 2.23. The average Bonchev–Trinajstić information content (AvgIpc) is 2.83. The molecule has 1 N–H and O–H groups in total. The monoisotopic (exact) mass is 268 g/mol. The molecule has 0 aliphatic rings. The number of imidazole rings is 1. The first kappa shape index (κ1) is 13.8. The minimum Gasteiger partial charge on any atom is -0.341 e. The fourth-order valence-corrected chi connectivity index (χ4v) is 2.13. The number of nitrogens with zero attached hydrogens (tertiary/aromatic N) is 3. The number of carbonyl (C=O) groups excluding carboxylic acids is 1. The topological polar surface area (TPSA) is 70.7 Å². The van der Waals surface area contributed by atoms with Gasteiger partial charge in [0, 0.05) is 19.4 Å². The van der Waals surface area contributed by atoms with E-state index in [1.54, 1.807) is 6.20 Å². The van der Waals surface area contributed by atoms with Gasteiger partial charge in [0.1, 0.15) is 18.3 Å². The normalized spacial score (nSPS) is 11.7. The van der Waals surface area contributed by atoms with Crippen LogP contribution < -0.4 is 5.32 Å². The van der Waals surface area contributed by atoms with Crippen LogP contribution in [0.1, 0.15) is 29.4 Å². The van der Waals surface area contributed by atoms with E-state index in [1.807, 2.05) is 55.1 Å². The lowest BCUT2D eigenvalue weighted by Crippen LogP contribution is -2.31. The zero-order valence-electron chi connectivity index (χ0n) is 11.5. The minimum absolute atomic E-state index is 0.160. The van der Waals surface area contributed by atoms with E-state index in [1.165, 1.54) is 0 Å². The quantitative estimate of drug-likeness (QED) is 0.919. The molecule has 0 aliphatic heterocycles. The van der Waals surface area contributed by atoms with Crippen LogP contribution >= 0.6 is 0 Å². The lowest BCUT2D eigenvalue weighted by molar-refractivity contribution is -0.120. The van der Waals surface area contributed by atoms with Gasteiger partial charge < -0.3 is 9.88 Å². The summed E-state index contributed by atoms with van der Waals surface area (Å²) < 4.78 is 1.86. The van der Waals surface area contributed by atoms with E-state index in [0.717, 1.165) is 17.0 Å². The molecule has 20 heavy (non-hydrogen) atoms. The number of aryl methyl sites for hydroxylation is 2. The summed E-state index contributed by atoms with van der Waals surface area (Å²) in [6.45, 7) is 1.99. The van der Waals surface area contributed by atoms with Crippen molar-refractivity contribution in [1.82, 2.24) is 14.9 Å². The van der Waals surface area contributed by atoms with E-state index in [2.05, 4.69) is 10.3 Å². The molecule has 5 heteroatoms. The standard InChI is InChI=1S/C15H16N4O/c1-11-5-3-4-6-12(11)14(18-13(20)7-8-16)15-17-9-10-19(15)2/h3-6,9-10,14H,7H2,1-2H3,(H,18,20). The molecule has 1 heterocycles. The van der Waals surface area contributed by atoms with Crippen LogP contribution in [-0.4, -0.2) is 15.5 Å². The van der Waals surface area contributed by atoms with Crippen LogP contribution in [-0.2, 0) is 11.8 Å². The zero-order valence-corrected chi connectivity index (χ0v) is 11.5. The van der Waals surface area contributed by atoms with E-state index < -0.39 is 0 Å². The summed E-state index contributed by atoms with van der Waals surface area (Å²) in [6, 6.07) is 9.33. The van der Waals surface area contributed by atoms with Gasteiger partial charge in [-0.15, -0.1) is 0 Å². The molecule has 0 spiro atoms. The van der Waals surface area contributed by atoms with Gasteiger partial charge in [-0.2, -0.15) is 5.26 Å². The van der Waals surface area contributed by atoms with Gasteiger partial charge >= 0.3 is 0 Å². The molecule has 0 saturated heterocycles. The van der Waals surface area contributed by atoms with Crippen molar-refractivity contribution in [3.8, 4) is 6.07 Å². The van der Waals surface area contributed by atoms with E-state index in [4.69, 9.17) is 5.26 Å². The van der Waals surface area contributed by atoms with Crippen molar-refractivity contribution >= 4 is 5.91 Å². The van der Waals surface area contributed by atoms with Crippen LogP contribution in [0.2, 0.25) is 0 Å². The van der Waals surface area contributed by atoms with Gasteiger partial charge in [0.25, 0.3) is 0 Å². The van der Waals surface area contributed by atoms with Crippen molar-refractivity contribution in [2.45, 2.75) is 19.4 Å². The number of nitriles is 1. The predicted molar refractivity (Wildman–Crippen MR) is 74.6 cm³/mol. The molecule has 5 nitrogen and oxygen atoms in total. The molecule has 1 aromatic carbocycles. The van der Waals surface area contributed by atoms with Crippen LogP contribution in [0, 0.1) is 18.3 Å². The largest absolute Gasteiger partial charge is 0.341 e. The van der Waals surface area contributed by atoms with Crippen LogP contribution in [0.5, 0.6) is 0 Å². The van der Waals surface area contributed by atoms with Gasteiger partial charge in [0.2, 0.25) is 5.91 Å². The first-order valence-electron chi connectivity index (χ1n) is 6.32. The summed E-state index contributed by atoms with van der Waals surface area (Å²) in [5, 5.41) is 11.5. The molecule has 1 amide bonds.